The van der Waals surface area contributed by atoms with Crippen LogP contribution in [0, 0.1) is 6.92 Å². The summed E-state index contributed by atoms with van der Waals surface area (Å²) in [5.74, 6) is 0.791. The summed E-state index contributed by atoms with van der Waals surface area (Å²) < 4.78 is 11.6. The zero-order valence-corrected chi connectivity index (χ0v) is 17.2. The molecular formula is C25H20N2O4. The highest BCUT2D eigenvalue weighted by Gasteiger charge is 2.44. The summed E-state index contributed by atoms with van der Waals surface area (Å²) in [5, 5.41) is 0.443. The third kappa shape index (κ3) is 3.08. The average Bonchev–Trinajstić information content (AvgIpc) is 3.08. The van der Waals surface area contributed by atoms with Crippen LogP contribution in [0.15, 0.2) is 76.1 Å². The lowest BCUT2D eigenvalue weighted by Crippen LogP contribution is -2.30. The van der Waals surface area contributed by atoms with E-state index in [1.54, 1.807) is 36.5 Å². The van der Waals surface area contributed by atoms with Crippen LogP contribution in [0.4, 0.5) is 5.82 Å². The molecule has 0 radical (unpaired) electrons. The summed E-state index contributed by atoms with van der Waals surface area (Å²) in [5.41, 5.74) is 2.22. The monoisotopic (exact) mass is 412 g/mol. The Kier molecular flexibility index (Phi) is 4.55. The summed E-state index contributed by atoms with van der Waals surface area (Å²) in [4.78, 5) is 33.0. The number of carbonyl (C=O) groups excluding carboxylic acids is 1. The first-order valence-electron chi connectivity index (χ1n) is 10.1. The van der Waals surface area contributed by atoms with Crippen molar-refractivity contribution in [3.8, 4) is 5.75 Å². The second kappa shape index (κ2) is 7.40. The molecule has 0 N–H and O–H groups in total. The molecule has 4 aromatic rings. The largest absolute Gasteiger partial charge is 0.494 e. The first-order chi connectivity index (χ1) is 15.1. The molecule has 3 heterocycles. The van der Waals surface area contributed by atoms with Crippen LogP contribution >= 0.6 is 0 Å². The number of aryl methyl sites for hydroxylation is 1. The maximum atomic E-state index is 13.5. The Morgan fingerprint density at radius 3 is 2.68 bits per heavy atom. The highest BCUT2D eigenvalue weighted by Crippen LogP contribution is 2.41. The van der Waals surface area contributed by atoms with Gasteiger partial charge in [0.1, 0.15) is 17.2 Å². The van der Waals surface area contributed by atoms with E-state index in [1.165, 1.54) is 4.90 Å². The molecule has 31 heavy (non-hydrogen) atoms. The van der Waals surface area contributed by atoms with Crippen LogP contribution in [0.3, 0.4) is 0 Å². The molecule has 1 amide bonds. The molecule has 2 aromatic heterocycles. The van der Waals surface area contributed by atoms with E-state index >= 15 is 0 Å². The smallest absolute Gasteiger partial charge is 0.296 e. The van der Waals surface area contributed by atoms with E-state index in [0.717, 1.165) is 11.1 Å². The standard InChI is InChI=1S/C25H20N2O4/c1-3-30-17-8-6-7-16(13-17)22-21-23(28)18-9-4-5-10-19(18)31-24(21)25(29)27(22)20-12-11-15(2)14-26-20/h4-14,22H,3H2,1-2H3/t22-/m0/s1. The minimum Gasteiger partial charge on any atom is -0.494 e. The maximum absolute atomic E-state index is 13.5. The van der Waals surface area contributed by atoms with Crippen LogP contribution in [0.1, 0.15) is 40.2 Å². The number of nitrogens with zero attached hydrogens (tertiary/aromatic N) is 2. The molecule has 5 rings (SSSR count). The molecule has 0 aliphatic carbocycles. The number of para-hydroxylation sites is 1. The Labute approximate surface area is 178 Å². The number of anilines is 1. The summed E-state index contributed by atoms with van der Waals surface area (Å²) in [6.45, 7) is 4.35. The summed E-state index contributed by atoms with van der Waals surface area (Å²) in [7, 11) is 0. The van der Waals surface area contributed by atoms with Gasteiger partial charge in [0.05, 0.1) is 23.6 Å². The van der Waals surface area contributed by atoms with Crippen LogP contribution in [0.5, 0.6) is 5.75 Å². The lowest BCUT2D eigenvalue weighted by atomic mass is 9.98. The van der Waals surface area contributed by atoms with Crippen LogP contribution in [0.25, 0.3) is 11.0 Å². The number of amides is 1. The molecule has 0 bridgehead atoms. The number of hydrogen-bond donors (Lipinski definition) is 0. The second-order valence-electron chi connectivity index (χ2n) is 7.45. The van der Waals surface area contributed by atoms with Gasteiger partial charge < -0.3 is 9.15 Å². The van der Waals surface area contributed by atoms with Gasteiger partial charge in [-0.3, -0.25) is 14.5 Å². The average molecular weight is 412 g/mol. The van der Waals surface area contributed by atoms with E-state index in [9.17, 15) is 9.59 Å². The van der Waals surface area contributed by atoms with Crippen molar-refractivity contribution in [3.63, 3.8) is 0 Å². The van der Waals surface area contributed by atoms with E-state index < -0.39 is 6.04 Å². The Hall–Kier alpha value is -3.93. The molecule has 0 saturated heterocycles. The fourth-order valence-electron chi connectivity index (χ4n) is 4.01. The van der Waals surface area contributed by atoms with Gasteiger partial charge in [0, 0.05) is 6.20 Å². The van der Waals surface area contributed by atoms with Crippen molar-refractivity contribution in [1.82, 2.24) is 4.98 Å². The minimum absolute atomic E-state index is 0.0536. The third-order valence-corrected chi connectivity index (χ3v) is 5.41. The summed E-state index contributed by atoms with van der Waals surface area (Å²) in [6.07, 6.45) is 1.70. The third-order valence-electron chi connectivity index (χ3n) is 5.41. The topological polar surface area (TPSA) is 72.6 Å². The lowest BCUT2D eigenvalue weighted by molar-refractivity contribution is 0.0970. The van der Waals surface area contributed by atoms with E-state index in [-0.39, 0.29) is 17.1 Å². The number of pyridine rings is 1. The van der Waals surface area contributed by atoms with Gasteiger partial charge in [-0.1, -0.05) is 30.3 Å². The van der Waals surface area contributed by atoms with Crippen LogP contribution in [-0.2, 0) is 0 Å². The van der Waals surface area contributed by atoms with E-state index in [0.29, 0.717) is 34.7 Å². The first kappa shape index (κ1) is 19.1. The molecule has 1 aliphatic heterocycles. The highest BCUT2D eigenvalue weighted by atomic mass is 16.5. The van der Waals surface area contributed by atoms with Gasteiger partial charge in [0.15, 0.2) is 5.43 Å². The zero-order chi connectivity index (χ0) is 21.5. The van der Waals surface area contributed by atoms with Crippen molar-refractivity contribution in [2.75, 3.05) is 11.5 Å². The number of carbonyl (C=O) groups is 1. The molecule has 6 nitrogen and oxygen atoms in total. The van der Waals surface area contributed by atoms with E-state index in [4.69, 9.17) is 9.15 Å². The number of benzene rings is 2. The SMILES string of the molecule is CCOc1cccc([C@H]2c3c(oc4ccccc4c3=O)C(=O)N2c2ccc(C)cn2)c1. The second-order valence-corrected chi connectivity index (χ2v) is 7.45. The van der Waals surface area contributed by atoms with Gasteiger partial charge in [-0.15, -0.1) is 0 Å². The summed E-state index contributed by atoms with van der Waals surface area (Å²) in [6, 6.07) is 17.4. The number of ether oxygens (including phenoxy) is 1. The van der Waals surface area contributed by atoms with Crippen molar-refractivity contribution in [2.24, 2.45) is 0 Å². The van der Waals surface area contributed by atoms with Crippen LogP contribution in [-0.4, -0.2) is 17.5 Å². The Balaban J connectivity index is 1.78. The van der Waals surface area contributed by atoms with Crippen molar-refractivity contribution in [2.45, 2.75) is 19.9 Å². The fraction of sp³-hybridized carbons (Fsp3) is 0.160. The minimum atomic E-state index is -0.668. The van der Waals surface area contributed by atoms with E-state index in [1.807, 2.05) is 44.2 Å². The molecule has 0 spiro atoms. The molecule has 0 unspecified atom stereocenters. The molecular weight excluding hydrogens is 392 g/mol. The highest BCUT2D eigenvalue weighted by molar-refractivity contribution is 6.10. The van der Waals surface area contributed by atoms with E-state index in [2.05, 4.69) is 4.98 Å². The fourth-order valence-corrected chi connectivity index (χ4v) is 4.01. The van der Waals surface area contributed by atoms with Crippen molar-refractivity contribution in [3.05, 3.63) is 99.5 Å². The Morgan fingerprint density at radius 2 is 1.90 bits per heavy atom. The van der Waals surface area contributed by atoms with Crippen LogP contribution in [0.2, 0.25) is 0 Å². The normalized spacial score (nSPS) is 15.4. The predicted octanol–water partition coefficient (Wildman–Crippen LogP) is 4.64. The number of rotatable bonds is 4. The van der Waals surface area contributed by atoms with Gasteiger partial charge in [0.2, 0.25) is 5.76 Å². The Bertz CT molecular complexity index is 1360. The first-order valence-corrected chi connectivity index (χ1v) is 10.1. The van der Waals surface area contributed by atoms with Crippen molar-refractivity contribution >= 4 is 22.7 Å². The van der Waals surface area contributed by atoms with Crippen LogP contribution < -0.4 is 15.1 Å². The number of fused-ring (bicyclic) bond motifs is 2. The Morgan fingerprint density at radius 1 is 1.06 bits per heavy atom. The molecule has 1 atom stereocenters. The lowest BCUT2D eigenvalue weighted by Gasteiger charge is -2.24. The van der Waals surface area contributed by atoms with Gasteiger partial charge in [0.25, 0.3) is 5.91 Å². The molecule has 1 aliphatic rings. The van der Waals surface area contributed by atoms with Crippen molar-refractivity contribution in [1.29, 1.82) is 0 Å². The molecule has 0 saturated carbocycles. The maximum Gasteiger partial charge on any atom is 0.296 e. The molecule has 0 fully saturated rings. The molecule has 154 valence electrons. The molecule has 2 aromatic carbocycles. The van der Waals surface area contributed by atoms with Gasteiger partial charge >= 0.3 is 0 Å². The number of hydrogen-bond acceptors (Lipinski definition) is 5. The van der Waals surface area contributed by atoms with Gasteiger partial charge in [-0.2, -0.15) is 0 Å². The van der Waals surface area contributed by atoms with Gasteiger partial charge in [-0.25, -0.2) is 4.98 Å². The van der Waals surface area contributed by atoms with Crippen molar-refractivity contribution < 1.29 is 13.9 Å². The quantitative estimate of drug-likeness (QED) is 0.488. The van der Waals surface area contributed by atoms with Gasteiger partial charge in [-0.05, 0) is 55.3 Å². The number of aromatic nitrogens is 1. The summed E-state index contributed by atoms with van der Waals surface area (Å²) >= 11 is 0. The predicted molar refractivity (Wildman–Crippen MR) is 118 cm³/mol. The zero-order valence-electron chi connectivity index (χ0n) is 17.2. The molecule has 6 heteroatoms.